The molecular formula is C13H16ClN5O. The van der Waals surface area contributed by atoms with Gasteiger partial charge in [0.2, 0.25) is 5.88 Å². The van der Waals surface area contributed by atoms with Gasteiger partial charge in [0.05, 0.1) is 25.2 Å². The van der Waals surface area contributed by atoms with Crippen molar-refractivity contribution in [3.63, 3.8) is 0 Å². The van der Waals surface area contributed by atoms with Crippen molar-refractivity contribution in [1.29, 1.82) is 0 Å². The first-order chi connectivity index (χ1) is 9.69. The van der Waals surface area contributed by atoms with Crippen molar-refractivity contribution in [2.45, 2.75) is 6.54 Å². The van der Waals surface area contributed by atoms with E-state index in [1.165, 1.54) is 11.8 Å². The lowest BCUT2D eigenvalue weighted by Crippen LogP contribution is -2.48. The molecule has 0 spiro atoms. The molecular weight excluding hydrogens is 278 g/mol. The molecule has 20 heavy (non-hydrogen) atoms. The van der Waals surface area contributed by atoms with Gasteiger partial charge in [-0.25, -0.2) is 0 Å². The molecule has 106 valence electrons. The number of aryl methyl sites for hydroxylation is 1. The van der Waals surface area contributed by atoms with E-state index in [9.17, 15) is 0 Å². The first-order valence-corrected chi connectivity index (χ1v) is 6.87. The summed E-state index contributed by atoms with van der Waals surface area (Å²) in [4.78, 5) is 10.4. The second-order valence-corrected chi connectivity index (χ2v) is 5.46. The highest BCUT2D eigenvalue weighted by Crippen LogP contribution is 2.19. The third kappa shape index (κ3) is 3.26. The van der Waals surface area contributed by atoms with E-state index in [-0.39, 0.29) is 0 Å². The largest absolute Gasteiger partial charge is 0.476 e. The van der Waals surface area contributed by atoms with Gasteiger partial charge in [-0.15, -0.1) is 0 Å². The maximum Gasteiger partial charge on any atom is 0.233 e. The summed E-state index contributed by atoms with van der Waals surface area (Å²) >= 11 is 5.75. The third-order valence-electron chi connectivity index (χ3n) is 3.25. The number of likely N-dealkylation sites (tertiary alicyclic amines) is 1. The minimum absolute atomic E-state index is 0.356. The third-order valence-corrected chi connectivity index (χ3v) is 3.43. The van der Waals surface area contributed by atoms with Crippen LogP contribution in [0, 0.1) is 5.92 Å². The summed E-state index contributed by atoms with van der Waals surface area (Å²) in [6.07, 6.45) is 7.03. The predicted octanol–water partition coefficient (Wildman–Crippen LogP) is 1.37. The fourth-order valence-electron chi connectivity index (χ4n) is 2.32. The van der Waals surface area contributed by atoms with Gasteiger partial charge in [-0.1, -0.05) is 11.6 Å². The Morgan fingerprint density at radius 3 is 2.90 bits per heavy atom. The zero-order valence-electron chi connectivity index (χ0n) is 11.2. The lowest BCUT2D eigenvalue weighted by Gasteiger charge is -2.38. The summed E-state index contributed by atoms with van der Waals surface area (Å²) in [5.74, 6) is 1.02. The highest BCUT2D eigenvalue weighted by molar-refractivity contribution is 6.29. The average Bonchev–Trinajstić information content (AvgIpc) is 2.78. The van der Waals surface area contributed by atoms with Crippen LogP contribution in [0.25, 0.3) is 0 Å². The molecule has 0 radical (unpaired) electrons. The normalized spacial score (nSPS) is 16.1. The van der Waals surface area contributed by atoms with Gasteiger partial charge < -0.3 is 4.74 Å². The van der Waals surface area contributed by atoms with Gasteiger partial charge >= 0.3 is 0 Å². The number of hydrogen-bond donors (Lipinski definition) is 0. The summed E-state index contributed by atoms with van der Waals surface area (Å²) in [6.45, 7) is 3.66. The Hall–Kier alpha value is -1.66. The Morgan fingerprint density at radius 1 is 1.35 bits per heavy atom. The molecule has 3 rings (SSSR count). The fourth-order valence-corrected chi connectivity index (χ4v) is 2.46. The zero-order chi connectivity index (χ0) is 13.9. The van der Waals surface area contributed by atoms with Gasteiger partial charge in [-0.2, -0.15) is 10.1 Å². The summed E-state index contributed by atoms with van der Waals surface area (Å²) in [5.41, 5.74) is 1.24. The molecule has 0 aromatic carbocycles. The average molecular weight is 294 g/mol. The molecule has 0 N–H and O–H groups in total. The van der Waals surface area contributed by atoms with Gasteiger partial charge in [0.15, 0.2) is 5.15 Å². The predicted molar refractivity (Wildman–Crippen MR) is 74.5 cm³/mol. The number of halogens is 1. The van der Waals surface area contributed by atoms with E-state index in [4.69, 9.17) is 16.3 Å². The SMILES string of the molecule is Cn1cc(CN2CC(COc3cncc(Cl)n3)C2)cn1. The van der Waals surface area contributed by atoms with Crippen LogP contribution in [-0.2, 0) is 13.6 Å². The number of ether oxygens (including phenoxy) is 1. The Bertz CT molecular complexity index is 582. The topological polar surface area (TPSA) is 56.1 Å². The number of aromatic nitrogens is 4. The van der Waals surface area contributed by atoms with Crippen molar-refractivity contribution in [3.8, 4) is 5.88 Å². The van der Waals surface area contributed by atoms with E-state index in [1.54, 1.807) is 6.20 Å². The van der Waals surface area contributed by atoms with Gasteiger partial charge in [0, 0.05) is 44.4 Å². The smallest absolute Gasteiger partial charge is 0.233 e. The summed E-state index contributed by atoms with van der Waals surface area (Å²) in [6, 6.07) is 0. The summed E-state index contributed by atoms with van der Waals surface area (Å²) in [5, 5.41) is 4.52. The van der Waals surface area contributed by atoms with Crippen LogP contribution >= 0.6 is 11.6 Å². The van der Waals surface area contributed by atoms with Crippen molar-refractivity contribution in [2.75, 3.05) is 19.7 Å². The van der Waals surface area contributed by atoms with Crippen LogP contribution in [0.15, 0.2) is 24.8 Å². The molecule has 0 bridgehead atoms. The second-order valence-electron chi connectivity index (χ2n) is 5.07. The van der Waals surface area contributed by atoms with Crippen molar-refractivity contribution in [2.24, 2.45) is 13.0 Å². The molecule has 1 aliphatic heterocycles. The van der Waals surface area contributed by atoms with E-state index >= 15 is 0 Å². The summed E-state index contributed by atoms with van der Waals surface area (Å²) < 4.78 is 7.42. The van der Waals surface area contributed by atoms with E-state index in [0.29, 0.717) is 23.6 Å². The molecule has 3 heterocycles. The highest BCUT2D eigenvalue weighted by Gasteiger charge is 2.27. The minimum atomic E-state index is 0.356. The van der Waals surface area contributed by atoms with Crippen LogP contribution < -0.4 is 4.74 Å². The quantitative estimate of drug-likeness (QED) is 0.833. The van der Waals surface area contributed by atoms with Crippen molar-refractivity contribution >= 4 is 11.6 Å². The molecule has 2 aromatic rings. The van der Waals surface area contributed by atoms with E-state index in [2.05, 4.69) is 20.0 Å². The Morgan fingerprint density at radius 2 is 2.20 bits per heavy atom. The second kappa shape index (κ2) is 5.76. The Kier molecular flexibility index (Phi) is 3.84. The zero-order valence-corrected chi connectivity index (χ0v) is 12.0. The van der Waals surface area contributed by atoms with E-state index in [1.807, 2.05) is 24.1 Å². The van der Waals surface area contributed by atoms with Crippen molar-refractivity contribution in [1.82, 2.24) is 24.6 Å². The molecule has 2 aromatic heterocycles. The first-order valence-electron chi connectivity index (χ1n) is 6.49. The molecule has 0 aliphatic carbocycles. The molecule has 1 saturated heterocycles. The first kappa shape index (κ1) is 13.3. The summed E-state index contributed by atoms with van der Waals surface area (Å²) in [7, 11) is 1.93. The lowest BCUT2D eigenvalue weighted by atomic mass is 10.0. The van der Waals surface area contributed by atoms with Crippen molar-refractivity contribution < 1.29 is 4.74 Å². The van der Waals surface area contributed by atoms with Gasteiger partial charge in [-0.3, -0.25) is 14.6 Å². The van der Waals surface area contributed by atoms with Crippen LogP contribution in [-0.4, -0.2) is 44.3 Å². The van der Waals surface area contributed by atoms with Crippen LogP contribution in [0.4, 0.5) is 0 Å². The van der Waals surface area contributed by atoms with Crippen LogP contribution in [0.1, 0.15) is 5.56 Å². The van der Waals surface area contributed by atoms with Gasteiger partial charge in [0.25, 0.3) is 0 Å². The molecule has 0 atom stereocenters. The standard InChI is InChI=1S/C13H16ClN5O/c1-18-5-10(2-16-18)6-19-7-11(8-19)9-20-13-4-15-3-12(14)17-13/h2-5,11H,6-9H2,1H3. The Labute approximate surface area is 122 Å². The highest BCUT2D eigenvalue weighted by atomic mass is 35.5. The number of nitrogens with zero attached hydrogens (tertiary/aromatic N) is 5. The lowest BCUT2D eigenvalue weighted by molar-refractivity contribution is 0.0542. The molecule has 0 amide bonds. The molecule has 0 saturated carbocycles. The molecule has 1 aliphatic rings. The molecule has 1 fully saturated rings. The minimum Gasteiger partial charge on any atom is -0.476 e. The van der Waals surface area contributed by atoms with Gasteiger partial charge in [0.1, 0.15) is 0 Å². The van der Waals surface area contributed by atoms with E-state index in [0.717, 1.165) is 19.6 Å². The maximum absolute atomic E-state index is 5.75. The van der Waals surface area contributed by atoms with Crippen molar-refractivity contribution in [3.05, 3.63) is 35.5 Å². The van der Waals surface area contributed by atoms with Crippen LogP contribution in [0.3, 0.4) is 0 Å². The monoisotopic (exact) mass is 293 g/mol. The fraction of sp³-hybridized carbons (Fsp3) is 0.462. The number of hydrogen-bond acceptors (Lipinski definition) is 5. The Balaban J connectivity index is 1.40. The molecule has 6 nitrogen and oxygen atoms in total. The maximum atomic E-state index is 5.75. The molecule has 7 heteroatoms. The molecule has 0 unspecified atom stereocenters. The van der Waals surface area contributed by atoms with E-state index < -0.39 is 0 Å². The number of rotatable bonds is 5. The van der Waals surface area contributed by atoms with Crippen LogP contribution in [0.5, 0.6) is 5.88 Å². The van der Waals surface area contributed by atoms with Crippen LogP contribution in [0.2, 0.25) is 5.15 Å². The van der Waals surface area contributed by atoms with Gasteiger partial charge in [-0.05, 0) is 0 Å².